The fraction of sp³-hybridized carbons (Fsp3) is 0.429. The van der Waals surface area contributed by atoms with Crippen molar-refractivity contribution in [3.63, 3.8) is 0 Å². The molecule has 0 saturated heterocycles. The summed E-state index contributed by atoms with van der Waals surface area (Å²) >= 11 is 1.49. The minimum atomic E-state index is -0.588. The van der Waals surface area contributed by atoms with E-state index in [0.717, 1.165) is 10.7 Å². The van der Waals surface area contributed by atoms with Crippen LogP contribution in [0.5, 0.6) is 0 Å². The van der Waals surface area contributed by atoms with Gasteiger partial charge in [0.25, 0.3) is 5.91 Å². The number of carbonyl (C=O) groups excluding carboxylic acids is 2. The molecule has 1 amide bonds. The van der Waals surface area contributed by atoms with Gasteiger partial charge in [0.15, 0.2) is 11.4 Å². The molecule has 0 fully saturated rings. The molecule has 7 nitrogen and oxygen atoms in total. The monoisotopic (exact) mass is 322 g/mol. The first-order chi connectivity index (χ1) is 10.5. The summed E-state index contributed by atoms with van der Waals surface area (Å²) in [6.07, 6.45) is 1.31. The Bertz CT molecular complexity index is 679. The van der Waals surface area contributed by atoms with Gasteiger partial charge in [0.2, 0.25) is 0 Å². The standard InChI is InChI=1S/C14H18N4O3S/c1-5-21-14(20)11-10(15-7-16-11)13(19)18(4)9(3)12-17-8(2)6-22-12/h6-7,9H,5H2,1-4H3,(H,15,16)/t9-/m1/s1. The van der Waals surface area contributed by atoms with E-state index in [9.17, 15) is 9.59 Å². The third-order valence-corrected chi connectivity index (χ3v) is 4.35. The predicted octanol–water partition coefficient (Wildman–Crippen LogP) is 2.18. The van der Waals surface area contributed by atoms with Gasteiger partial charge in [-0.3, -0.25) is 4.79 Å². The van der Waals surface area contributed by atoms with Crippen LogP contribution >= 0.6 is 11.3 Å². The molecule has 22 heavy (non-hydrogen) atoms. The molecule has 1 atom stereocenters. The Labute approximate surface area is 132 Å². The summed E-state index contributed by atoms with van der Waals surface area (Å²) in [6.45, 7) is 5.72. The van der Waals surface area contributed by atoms with Crippen LogP contribution in [-0.4, -0.2) is 45.4 Å². The van der Waals surface area contributed by atoms with E-state index in [1.165, 1.54) is 22.6 Å². The number of carbonyl (C=O) groups is 2. The largest absolute Gasteiger partial charge is 0.461 e. The maximum Gasteiger partial charge on any atom is 0.357 e. The Kier molecular flexibility index (Phi) is 4.92. The van der Waals surface area contributed by atoms with E-state index in [4.69, 9.17) is 4.74 Å². The maximum absolute atomic E-state index is 12.6. The number of aromatic amines is 1. The molecule has 0 spiro atoms. The number of imidazole rings is 1. The van der Waals surface area contributed by atoms with Gasteiger partial charge in [0, 0.05) is 18.1 Å². The van der Waals surface area contributed by atoms with Crippen molar-refractivity contribution in [3.8, 4) is 0 Å². The Hall–Kier alpha value is -2.22. The van der Waals surface area contributed by atoms with Gasteiger partial charge in [0.05, 0.1) is 19.0 Å². The highest BCUT2D eigenvalue weighted by molar-refractivity contribution is 7.09. The topological polar surface area (TPSA) is 88.2 Å². The number of nitrogens with zero attached hydrogens (tertiary/aromatic N) is 3. The van der Waals surface area contributed by atoms with Gasteiger partial charge in [-0.25, -0.2) is 14.8 Å². The number of rotatable bonds is 5. The predicted molar refractivity (Wildman–Crippen MR) is 81.9 cm³/mol. The highest BCUT2D eigenvalue weighted by Gasteiger charge is 2.27. The van der Waals surface area contributed by atoms with Gasteiger partial charge < -0.3 is 14.6 Å². The van der Waals surface area contributed by atoms with E-state index >= 15 is 0 Å². The average Bonchev–Trinajstić information content (AvgIpc) is 3.14. The maximum atomic E-state index is 12.6. The zero-order valence-corrected chi connectivity index (χ0v) is 13.7. The number of hydrogen-bond acceptors (Lipinski definition) is 6. The lowest BCUT2D eigenvalue weighted by molar-refractivity contribution is 0.0511. The second kappa shape index (κ2) is 6.69. The smallest absolute Gasteiger partial charge is 0.357 e. The number of thiazole rings is 1. The van der Waals surface area contributed by atoms with Crippen molar-refractivity contribution in [2.24, 2.45) is 0 Å². The zero-order chi connectivity index (χ0) is 16.3. The molecule has 2 rings (SSSR count). The average molecular weight is 322 g/mol. The zero-order valence-electron chi connectivity index (χ0n) is 12.9. The number of amides is 1. The molecular weight excluding hydrogens is 304 g/mol. The van der Waals surface area contributed by atoms with Crippen molar-refractivity contribution in [3.05, 3.63) is 33.8 Å². The molecule has 0 aromatic carbocycles. The normalized spacial score (nSPS) is 12.0. The lowest BCUT2D eigenvalue weighted by Gasteiger charge is -2.22. The van der Waals surface area contributed by atoms with E-state index in [1.54, 1.807) is 14.0 Å². The molecule has 8 heteroatoms. The lowest BCUT2D eigenvalue weighted by atomic mass is 10.2. The molecule has 2 aromatic rings. The third-order valence-electron chi connectivity index (χ3n) is 3.22. The second-order valence-electron chi connectivity index (χ2n) is 4.77. The Balaban J connectivity index is 2.21. The van der Waals surface area contributed by atoms with Crippen molar-refractivity contribution in [1.29, 1.82) is 0 Å². The van der Waals surface area contributed by atoms with Crippen LogP contribution in [0.2, 0.25) is 0 Å². The molecule has 0 unspecified atom stereocenters. The first-order valence-corrected chi connectivity index (χ1v) is 7.73. The molecule has 0 bridgehead atoms. The first-order valence-electron chi connectivity index (χ1n) is 6.85. The summed E-state index contributed by atoms with van der Waals surface area (Å²) in [4.78, 5) is 36.9. The molecule has 0 aliphatic heterocycles. The number of H-pyrrole nitrogens is 1. The van der Waals surface area contributed by atoms with Crippen LogP contribution in [-0.2, 0) is 4.74 Å². The van der Waals surface area contributed by atoms with Crippen molar-refractivity contribution in [2.75, 3.05) is 13.7 Å². The van der Waals surface area contributed by atoms with Crippen LogP contribution in [0, 0.1) is 6.92 Å². The van der Waals surface area contributed by atoms with E-state index < -0.39 is 5.97 Å². The molecule has 0 aliphatic carbocycles. The van der Waals surface area contributed by atoms with E-state index in [2.05, 4.69) is 15.0 Å². The summed E-state index contributed by atoms with van der Waals surface area (Å²) in [5, 5.41) is 2.77. The van der Waals surface area contributed by atoms with Crippen molar-refractivity contribution in [2.45, 2.75) is 26.8 Å². The summed E-state index contributed by atoms with van der Waals surface area (Å²) in [7, 11) is 1.66. The highest BCUT2D eigenvalue weighted by atomic mass is 32.1. The van der Waals surface area contributed by atoms with Crippen molar-refractivity contribution >= 4 is 23.2 Å². The molecule has 118 valence electrons. The van der Waals surface area contributed by atoms with Gasteiger partial charge >= 0.3 is 5.97 Å². The number of esters is 1. The number of aryl methyl sites for hydroxylation is 1. The molecule has 0 radical (unpaired) electrons. The van der Waals surface area contributed by atoms with Gasteiger partial charge in [-0.2, -0.15) is 0 Å². The minimum absolute atomic E-state index is 0.0566. The molecule has 0 aliphatic rings. The molecule has 0 saturated carbocycles. The van der Waals surface area contributed by atoms with Crippen LogP contribution < -0.4 is 0 Å². The van der Waals surface area contributed by atoms with E-state index in [1.807, 2.05) is 19.2 Å². The van der Waals surface area contributed by atoms with Crippen LogP contribution in [0.25, 0.3) is 0 Å². The SMILES string of the molecule is CCOC(=O)c1[nH]cnc1C(=O)N(C)[C@H](C)c1nc(C)cs1. The fourth-order valence-corrected chi connectivity index (χ4v) is 2.78. The van der Waals surface area contributed by atoms with Gasteiger partial charge in [-0.15, -0.1) is 11.3 Å². The summed E-state index contributed by atoms with van der Waals surface area (Å²) in [5.41, 5.74) is 1.04. The Morgan fingerprint density at radius 3 is 2.82 bits per heavy atom. The van der Waals surface area contributed by atoms with Crippen LogP contribution in [0.1, 0.15) is 51.6 Å². The van der Waals surface area contributed by atoms with Crippen LogP contribution in [0.15, 0.2) is 11.7 Å². The molecular formula is C14H18N4O3S. The molecule has 1 N–H and O–H groups in total. The fourth-order valence-electron chi connectivity index (χ4n) is 1.89. The molecule has 2 aromatic heterocycles. The van der Waals surface area contributed by atoms with Gasteiger partial charge in [-0.1, -0.05) is 0 Å². The number of hydrogen-bond donors (Lipinski definition) is 1. The second-order valence-corrected chi connectivity index (χ2v) is 5.66. The third kappa shape index (κ3) is 3.16. The lowest BCUT2D eigenvalue weighted by Crippen LogP contribution is -2.31. The number of ether oxygens (including phenoxy) is 1. The molecule has 2 heterocycles. The van der Waals surface area contributed by atoms with Crippen molar-refractivity contribution < 1.29 is 14.3 Å². The summed E-state index contributed by atoms with van der Waals surface area (Å²) in [6, 6.07) is -0.210. The Morgan fingerprint density at radius 2 is 2.23 bits per heavy atom. The van der Waals surface area contributed by atoms with Crippen LogP contribution in [0.4, 0.5) is 0 Å². The quantitative estimate of drug-likeness (QED) is 0.852. The van der Waals surface area contributed by atoms with E-state index in [0.29, 0.717) is 0 Å². The first kappa shape index (κ1) is 16.2. The minimum Gasteiger partial charge on any atom is -0.461 e. The van der Waals surface area contributed by atoms with Gasteiger partial charge in [-0.05, 0) is 20.8 Å². The van der Waals surface area contributed by atoms with Gasteiger partial charge in [0.1, 0.15) is 5.01 Å². The summed E-state index contributed by atoms with van der Waals surface area (Å²) < 4.78 is 4.91. The number of nitrogens with one attached hydrogen (secondary N) is 1. The van der Waals surface area contributed by atoms with Crippen LogP contribution in [0.3, 0.4) is 0 Å². The highest BCUT2D eigenvalue weighted by Crippen LogP contribution is 2.24. The van der Waals surface area contributed by atoms with E-state index in [-0.39, 0.29) is 29.9 Å². The number of aromatic nitrogens is 3. The summed E-state index contributed by atoms with van der Waals surface area (Å²) in [5.74, 6) is -0.945. The van der Waals surface area contributed by atoms with Crippen molar-refractivity contribution in [1.82, 2.24) is 19.9 Å². The Morgan fingerprint density at radius 1 is 1.50 bits per heavy atom.